The van der Waals surface area contributed by atoms with Crippen molar-refractivity contribution < 1.29 is 27.8 Å². The molecular weight excluding hydrogens is 263 g/mol. The molecule has 0 aliphatic carbocycles. The van der Waals surface area contributed by atoms with Gasteiger partial charge in [0.2, 0.25) is 0 Å². The highest BCUT2D eigenvalue weighted by Crippen LogP contribution is 2.28. The Kier molecular flexibility index (Phi) is 3.55. The Bertz CT molecular complexity index is 458. The number of hydrogen-bond acceptors (Lipinski definition) is 3. The van der Waals surface area contributed by atoms with Crippen molar-refractivity contribution in [1.29, 1.82) is 0 Å². The molecule has 0 amide bonds. The monoisotopic (exact) mass is 275 g/mol. The molecule has 0 saturated carbocycles. The van der Waals surface area contributed by atoms with Crippen LogP contribution >= 0.6 is 0 Å². The number of ether oxygens (including phenoxy) is 1. The van der Waals surface area contributed by atoms with E-state index in [1.807, 2.05) is 4.90 Å². The third-order valence-electron chi connectivity index (χ3n) is 2.97. The zero-order chi connectivity index (χ0) is 14.0. The Hall–Kier alpha value is -1.92. The van der Waals surface area contributed by atoms with E-state index in [4.69, 9.17) is 5.11 Å². The van der Waals surface area contributed by atoms with E-state index in [0.717, 1.165) is 0 Å². The number of nitrogens with zero attached hydrogens (tertiary/aromatic N) is 1. The molecule has 1 aromatic rings. The maximum atomic E-state index is 12.0. The third kappa shape index (κ3) is 3.52. The summed E-state index contributed by atoms with van der Waals surface area (Å²) in [6, 6.07) is 5.42. The molecule has 0 aromatic heterocycles. The molecule has 0 unspecified atom stereocenters. The van der Waals surface area contributed by atoms with Crippen molar-refractivity contribution in [2.24, 2.45) is 5.92 Å². The molecule has 7 heteroatoms. The second kappa shape index (κ2) is 4.99. The van der Waals surface area contributed by atoms with Crippen LogP contribution in [-0.2, 0) is 4.79 Å². The summed E-state index contributed by atoms with van der Waals surface area (Å²) in [4.78, 5) is 12.6. The van der Waals surface area contributed by atoms with Gasteiger partial charge in [0.15, 0.2) is 0 Å². The highest BCUT2D eigenvalue weighted by atomic mass is 19.4. The predicted molar refractivity (Wildman–Crippen MR) is 61.1 cm³/mol. The minimum absolute atomic E-state index is 0.287. The maximum absolute atomic E-state index is 12.0. The SMILES string of the molecule is O=C(O)[C@@H]1CCN(c2ccc(OC(F)(F)F)cc2)C1. The van der Waals surface area contributed by atoms with Crippen LogP contribution in [0.25, 0.3) is 0 Å². The van der Waals surface area contributed by atoms with Crippen molar-refractivity contribution in [1.82, 2.24) is 0 Å². The fraction of sp³-hybridized carbons (Fsp3) is 0.417. The van der Waals surface area contributed by atoms with Gasteiger partial charge in [-0.05, 0) is 30.7 Å². The summed E-state index contributed by atoms with van der Waals surface area (Å²) < 4.78 is 39.7. The van der Waals surface area contributed by atoms with E-state index in [-0.39, 0.29) is 5.75 Å². The Morgan fingerprint density at radius 1 is 1.32 bits per heavy atom. The Labute approximate surface area is 107 Å². The van der Waals surface area contributed by atoms with Crippen LogP contribution in [0.5, 0.6) is 5.75 Å². The fourth-order valence-corrected chi connectivity index (χ4v) is 2.05. The number of aliphatic carboxylic acids is 1. The van der Waals surface area contributed by atoms with Crippen LogP contribution in [0.3, 0.4) is 0 Å². The molecule has 1 saturated heterocycles. The summed E-state index contributed by atoms with van der Waals surface area (Å²) in [5, 5.41) is 8.88. The zero-order valence-corrected chi connectivity index (χ0v) is 9.85. The lowest BCUT2D eigenvalue weighted by Gasteiger charge is -2.18. The lowest BCUT2D eigenvalue weighted by molar-refractivity contribution is -0.274. The predicted octanol–water partition coefficient (Wildman–Crippen LogP) is 2.50. The van der Waals surface area contributed by atoms with E-state index in [1.165, 1.54) is 24.3 Å². The molecule has 2 rings (SSSR count). The largest absolute Gasteiger partial charge is 0.573 e. The molecule has 19 heavy (non-hydrogen) atoms. The molecule has 1 heterocycles. The second-order valence-corrected chi connectivity index (χ2v) is 4.31. The Morgan fingerprint density at radius 3 is 2.42 bits per heavy atom. The molecule has 104 valence electrons. The molecule has 1 atom stereocenters. The number of rotatable bonds is 3. The molecule has 4 nitrogen and oxygen atoms in total. The molecule has 0 spiro atoms. The third-order valence-corrected chi connectivity index (χ3v) is 2.97. The van der Waals surface area contributed by atoms with Crippen LogP contribution in [0.2, 0.25) is 0 Å². The minimum Gasteiger partial charge on any atom is -0.481 e. The number of carboxylic acid groups (broad SMARTS) is 1. The van der Waals surface area contributed by atoms with E-state index in [2.05, 4.69) is 4.74 Å². The quantitative estimate of drug-likeness (QED) is 0.920. The van der Waals surface area contributed by atoms with Crippen molar-refractivity contribution in [3.05, 3.63) is 24.3 Å². The van der Waals surface area contributed by atoms with Crippen LogP contribution in [-0.4, -0.2) is 30.5 Å². The van der Waals surface area contributed by atoms with Crippen LogP contribution < -0.4 is 9.64 Å². The molecule has 0 radical (unpaired) electrons. The summed E-state index contributed by atoms with van der Waals surface area (Å²) in [6.45, 7) is 0.950. The Balaban J connectivity index is 2.01. The summed E-state index contributed by atoms with van der Waals surface area (Å²) in [6.07, 6.45) is -4.17. The van der Waals surface area contributed by atoms with E-state index in [9.17, 15) is 18.0 Å². The number of benzene rings is 1. The van der Waals surface area contributed by atoms with Gasteiger partial charge in [0, 0.05) is 18.8 Å². The average molecular weight is 275 g/mol. The second-order valence-electron chi connectivity index (χ2n) is 4.31. The smallest absolute Gasteiger partial charge is 0.481 e. The summed E-state index contributed by atoms with van der Waals surface area (Å²) >= 11 is 0. The zero-order valence-electron chi connectivity index (χ0n) is 9.85. The van der Waals surface area contributed by atoms with Crippen LogP contribution in [0.1, 0.15) is 6.42 Å². The van der Waals surface area contributed by atoms with Gasteiger partial charge in [-0.15, -0.1) is 13.2 Å². The van der Waals surface area contributed by atoms with Gasteiger partial charge in [0.25, 0.3) is 0 Å². The van der Waals surface area contributed by atoms with E-state index >= 15 is 0 Å². The highest BCUT2D eigenvalue weighted by molar-refractivity contribution is 5.72. The number of carboxylic acids is 1. The first-order chi connectivity index (χ1) is 8.85. The standard InChI is InChI=1S/C12H12F3NO3/c13-12(14,15)19-10-3-1-9(2-4-10)16-6-5-8(7-16)11(17)18/h1-4,8H,5-7H2,(H,17,18)/t8-/m1/s1. The van der Waals surface area contributed by atoms with Gasteiger partial charge in [-0.1, -0.05) is 0 Å². The summed E-state index contributed by atoms with van der Waals surface area (Å²) in [5.41, 5.74) is 0.693. The van der Waals surface area contributed by atoms with Crippen LogP contribution in [0.4, 0.5) is 18.9 Å². The van der Waals surface area contributed by atoms with Crippen molar-refractivity contribution in [2.75, 3.05) is 18.0 Å². The van der Waals surface area contributed by atoms with Gasteiger partial charge in [-0.3, -0.25) is 4.79 Å². The Morgan fingerprint density at radius 2 is 1.95 bits per heavy atom. The first kappa shape index (κ1) is 13.5. The van der Waals surface area contributed by atoms with E-state index in [1.54, 1.807) is 0 Å². The van der Waals surface area contributed by atoms with Crippen LogP contribution in [0, 0.1) is 5.92 Å². The van der Waals surface area contributed by atoms with Gasteiger partial charge in [-0.25, -0.2) is 0 Å². The molecular formula is C12H12F3NO3. The number of carbonyl (C=O) groups is 1. The van der Waals surface area contributed by atoms with Gasteiger partial charge in [0.1, 0.15) is 5.75 Å². The number of hydrogen-bond donors (Lipinski definition) is 1. The van der Waals surface area contributed by atoms with Crippen molar-refractivity contribution in [3.8, 4) is 5.75 Å². The fourth-order valence-electron chi connectivity index (χ4n) is 2.05. The number of halogens is 3. The van der Waals surface area contributed by atoms with Crippen LogP contribution in [0.15, 0.2) is 24.3 Å². The minimum atomic E-state index is -4.70. The molecule has 0 bridgehead atoms. The van der Waals surface area contributed by atoms with Gasteiger partial charge in [0.05, 0.1) is 5.92 Å². The molecule has 1 N–H and O–H groups in total. The van der Waals surface area contributed by atoms with Crippen molar-refractivity contribution in [3.63, 3.8) is 0 Å². The molecule has 1 aliphatic rings. The van der Waals surface area contributed by atoms with Gasteiger partial charge < -0.3 is 14.7 Å². The maximum Gasteiger partial charge on any atom is 0.573 e. The molecule has 1 aromatic carbocycles. The molecule has 1 aliphatic heterocycles. The van der Waals surface area contributed by atoms with E-state index in [0.29, 0.717) is 25.2 Å². The average Bonchev–Trinajstić information content (AvgIpc) is 2.77. The first-order valence-electron chi connectivity index (χ1n) is 5.69. The van der Waals surface area contributed by atoms with Crippen molar-refractivity contribution in [2.45, 2.75) is 12.8 Å². The normalized spacial score (nSPS) is 19.5. The summed E-state index contributed by atoms with van der Waals surface area (Å²) in [7, 11) is 0. The van der Waals surface area contributed by atoms with Gasteiger partial charge in [-0.2, -0.15) is 0 Å². The number of anilines is 1. The van der Waals surface area contributed by atoms with E-state index < -0.39 is 18.2 Å². The van der Waals surface area contributed by atoms with Crippen molar-refractivity contribution >= 4 is 11.7 Å². The molecule has 1 fully saturated rings. The lowest BCUT2D eigenvalue weighted by atomic mass is 10.1. The summed E-state index contributed by atoms with van der Waals surface area (Å²) in [5.74, 6) is -1.56. The first-order valence-corrected chi connectivity index (χ1v) is 5.69. The topological polar surface area (TPSA) is 49.8 Å². The van der Waals surface area contributed by atoms with Gasteiger partial charge >= 0.3 is 12.3 Å². The lowest BCUT2D eigenvalue weighted by Crippen LogP contribution is -2.22. The number of alkyl halides is 3. The highest BCUT2D eigenvalue weighted by Gasteiger charge is 2.31.